The van der Waals surface area contributed by atoms with Crippen molar-refractivity contribution in [3.63, 3.8) is 0 Å². The first kappa shape index (κ1) is 7.23. The van der Waals surface area contributed by atoms with Gasteiger partial charge in [0.25, 0.3) is 0 Å². The summed E-state index contributed by atoms with van der Waals surface area (Å²) in [5, 5.41) is 0.784. The lowest BCUT2D eigenvalue weighted by molar-refractivity contribution is 0.959. The molecule has 0 aromatic heterocycles. The molecule has 0 saturated heterocycles. The molecule has 0 fully saturated rings. The molecule has 0 amide bonds. The van der Waals surface area contributed by atoms with E-state index in [9.17, 15) is 0 Å². The predicted molar refractivity (Wildman–Crippen MR) is 50.2 cm³/mol. The molecule has 0 spiro atoms. The molecule has 0 aliphatic carbocycles. The van der Waals surface area contributed by atoms with Crippen LogP contribution in [-0.4, -0.2) is 5.25 Å². The Morgan fingerprint density at radius 3 is 3.09 bits per heavy atom. The van der Waals surface area contributed by atoms with Crippen LogP contribution in [0.2, 0.25) is 0 Å². The molecule has 2 rings (SSSR count). The Hall–Kier alpha value is -0.430. The van der Waals surface area contributed by atoms with Crippen LogP contribution in [0.25, 0.3) is 0 Å². The molecule has 1 aromatic rings. The molecular weight excluding hydrogens is 152 g/mol. The fourth-order valence-corrected chi connectivity index (χ4v) is 2.76. The molecule has 1 heteroatoms. The van der Waals surface area contributed by atoms with Gasteiger partial charge in [0.1, 0.15) is 0 Å². The van der Waals surface area contributed by atoms with Gasteiger partial charge in [-0.05, 0) is 25.0 Å². The first-order valence-electron chi connectivity index (χ1n) is 4.02. The zero-order valence-electron chi connectivity index (χ0n) is 6.92. The van der Waals surface area contributed by atoms with Crippen LogP contribution in [-0.2, 0) is 6.42 Å². The summed E-state index contributed by atoms with van der Waals surface area (Å²) in [6.45, 7) is 4.45. The van der Waals surface area contributed by atoms with Crippen LogP contribution >= 0.6 is 11.8 Å². The highest BCUT2D eigenvalue weighted by Gasteiger charge is 2.17. The van der Waals surface area contributed by atoms with E-state index in [-0.39, 0.29) is 0 Å². The third-order valence-electron chi connectivity index (χ3n) is 2.06. The Morgan fingerprint density at radius 2 is 2.27 bits per heavy atom. The maximum absolute atomic E-state index is 2.30. The minimum Gasteiger partial charge on any atom is -0.122 e. The SMILES string of the molecule is Cc1ccc2c(c1)SC(C)C2. The predicted octanol–water partition coefficient (Wildman–Crippen LogP) is 3.03. The van der Waals surface area contributed by atoms with Crippen LogP contribution < -0.4 is 0 Å². The van der Waals surface area contributed by atoms with Crippen molar-refractivity contribution in [2.24, 2.45) is 0 Å². The standard InChI is InChI=1S/C10H12S/c1-7-3-4-9-6-8(2)11-10(9)5-7/h3-5,8H,6H2,1-2H3. The Bertz CT molecular complexity index is 278. The van der Waals surface area contributed by atoms with Gasteiger partial charge >= 0.3 is 0 Å². The van der Waals surface area contributed by atoms with Crippen molar-refractivity contribution >= 4 is 11.8 Å². The van der Waals surface area contributed by atoms with Crippen LogP contribution in [0.4, 0.5) is 0 Å². The first-order chi connectivity index (χ1) is 5.25. The normalized spacial score (nSPS) is 21.8. The minimum absolute atomic E-state index is 0.784. The zero-order valence-corrected chi connectivity index (χ0v) is 7.74. The average molecular weight is 164 g/mol. The third kappa shape index (κ3) is 1.30. The van der Waals surface area contributed by atoms with E-state index in [2.05, 4.69) is 32.0 Å². The molecule has 0 nitrogen and oxygen atoms in total. The largest absolute Gasteiger partial charge is 0.122 e. The molecule has 11 heavy (non-hydrogen) atoms. The van der Waals surface area contributed by atoms with Gasteiger partial charge in [0.2, 0.25) is 0 Å². The summed E-state index contributed by atoms with van der Waals surface area (Å²) in [4.78, 5) is 1.50. The van der Waals surface area contributed by atoms with Crippen molar-refractivity contribution in [1.29, 1.82) is 0 Å². The smallest absolute Gasteiger partial charge is 0.0110 e. The Balaban J connectivity index is 2.43. The van der Waals surface area contributed by atoms with E-state index in [1.54, 1.807) is 0 Å². The minimum atomic E-state index is 0.784. The fourth-order valence-electron chi connectivity index (χ4n) is 1.51. The third-order valence-corrected chi connectivity index (χ3v) is 3.26. The van der Waals surface area contributed by atoms with Gasteiger partial charge in [-0.15, -0.1) is 11.8 Å². The van der Waals surface area contributed by atoms with Crippen LogP contribution in [0.1, 0.15) is 18.1 Å². The second kappa shape index (κ2) is 2.56. The summed E-state index contributed by atoms with van der Waals surface area (Å²) in [7, 11) is 0. The quantitative estimate of drug-likeness (QED) is 0.568. The molecule has 0 bridgehead atoms. The summed E-state index contributed by atoms with van der Waals surface area (Å²) in [5.41, 5.74) is 2.92. The molecule has 0 N–H and O–H groups in total. The number of hydrogen-bond donors (Lipinski definition) is 0. The molecule has 1 aliphatic rings. The second-order valence-electron chi connectivity index (χ2n) is 3.24. The summed E-state index contributed by atoms with van der Waals surface area (Å²) in [5.74, 6) is 0. The van der Waals surface area contributed by atoms with Crippen molar-refractivity contribution in [1.82, 2.24) is 0 Å². The lowest BCUT2D eigenvalue weighted by Gasteiger charge is -1.97. The molecule has 1 atom stereocenters. The first-order valence-corrected chi connectivity index (χ1v) is 4.90. The zero-order chi connectivity index (χ0) is 7.84. The number of fused-ring (bicyclic) bond motifs is 1. The highest BCUT2D eigenvalue weighted by atomic mass is 32.2. The van der Waals surface area contributed by atoms with E-state index < -0.39 is 0 Å². The number of rotatable bonds is 0. The van der Waals surface area contributed by atoms with Crippen molar-refractivity contribution < 1.29 is 0 Å². The molecule has 1 heterocycles. The summed E-state index contributed by atoms with van der Waals surface area (Å²) in [6.07, 6.45) is 1.25. The molecular formula is C10H12S. The van der Waals surface area contributed by atoms with Gasteiger partial charge in [-0.1, -0.05) is 24.6 Å². The summed E-state index contributed by atoms with van der Waals surface area (Å²) < 4.78 is 0. The maximum Gasteiger partial charge on any atom is 0.0110 e. The van der Waals surface area contributed by atoms with Gasteiger partial charge in [-0.25, -0.2) is 0 Å². The van der Waals surface area contributed by atoms with Gasteiger partial charge in [0.05, 0.1) is 0 Å². The van der Waals surface area contributed by atoms with Gasteiger partial charge in [-0.3, -0.25) is 0 Å². The van der Waals surface area contributed by atoms with Crippen LogP contribution in [0.3, 0.4) is 0 Å². The molecule has 0 saturated carbocycles. The topological polar surface area (TPSA) is 0 Å². The number of thioether (sulfide) groups is 1. The second-order valence-corrected chi connectivity index (χ2v) is 4.72. The van der Waals surface area contributed by atoms with Crippen LogP contribution in [0.15, 0.2) is 23.1 Å². The summed E-state index contributed by atoms with van der Waals surface area (Å²) >= 11 is 2.01. The lowest BCUT2D eigenvalue weighted by atomic mass is 10.1. The van der Waals surface area contributed by atoms with Crippen molar-refractivity contribution in [2.75, 3.05) is 0 Å². The molecule has 1 unspecified atom stereocenters. The average Bonchev–Trinajstić information content (AvgIpc) is 2.27. The monoisotopic (exact) mass is 164 g/mol. The van der Waals surface area contributed by atoms with E-state index >= 15 is 0 Å². The highest BCUT2D eigenvalue weighted by molar-refractivity contribution is 8.00. The molecule has 58 valence electrons. The lowest BCUT2D eigenvalue weighted by Crippen LogP contribution is -1.90. The Labute approximate surface area is 72.0 Å². The number of benzene rings is 1. The van der Waals surface area contributed by atoms with E-state index in [1.165, 1.54) is 22.4 Å². The number of aryl methyl sites for hydroxylation is 1. The van der Waals surface area contributed by atoms with Gasteiger partial charge in [0, 0.05) is 10.1 Å². The van der Waals surface area contributed by atoms with Crippen molar-refractivity contribution in [3.8, 4) is 0 Å². The van der Waals surface area contributed by atoms with Crippen LogP contribution in [0, 0.1) is 6.92 Å². The van der Waals surface area contributed by atoms with Crippen molar-refractivity contribution in [3.05, 3.63) is 29.3 Å². The van der Waals surface area contributed by atoms with E-state index in [0.717, 1.165) is 5.25 Å². The Morgan fingerprint density at radius 1 is 1.45 bits per heavy atom. The van der Waals surface area contributed by atoms with E-state index in [0.29, 0.717) is 0 Å². The van der Waals surface area contributed by atoms with Gasteiger partial charge < -0.3 is 0 Å². The van der Waals surface area contributed by atoms with Crippen molar-refractivity contribution in [2.45, 2.75) is 30.4 Å². The Kier molecular flexibility index (Phi) is 1.68. The number of hydrogen-bond acceptors (Lipinski definition) is 1. The van der Waals surface area contributed by atoms with Crippen LogP contribution in [0.5, 0.6) is 0 Å². The molecule has 1 aromatic carbocycles. The highest BCUT2D eigenvalue weighted by Crippen LogP contribution is 2.36. The van der Waals surface area contributed by atoms with E-state index in [1.807, 2.05) is 11.8 Å². The fraction of sp³-hybridized carbons (Fsp3) is 0.400. The summed E-state index contributed by atoms with van der Waals surface area (Å²) in [6, 6.07) is 6.77. The van der Waals surface area contributed by atoms with E-state index in [4.69, 9.17) is 0 Å². The van der Waals surface area contributed by atoms with Gasteiger partial charge in [-0.2, -0.15) is 0 Å². The molecule has 1 aliphatic heterocycles. The molecule has 0 radical (unpaired) electrons. The van der Waals surface area contributed by atoms with Gasteiger partial charge in [0.15, 0.2) is 0 Å². The maximum atomic E-state index is 2.30.